The van der Waals surface area contributed by atoms with Crippen molar-refractivity contribution in [3.63, 3.8) is 0 Å². The molecule has 0 amide bonds. The smallest absolute Gasteiger partial charge is 0.306 e. The molecular weight excluding hydrogens is 610 g/mol. The first-order valence-electron chi connectivity index (χ1n) is 11.5. The molecule has 0 aromatic rings. The van der Waals surface area contributed by atoms with Gasteiger partial charge in [-0.2, -0.15) is 0 Å². The summed E-state index contributed by atoms with van der Waals surface area (Å²) in [6.07, 6.45) is -1.79. The van der Waals surface area contributed by atoms with Crippen LogP contribution in [0, 0.1) is 50.6 Å². The average molecular weight is 641 g/mol. The van der Waals surface area contributed by atoms with Gasteiger partial charge in [-0.25, -0.2) is 0 Å². The molecule has 0 bridgehead atoms. The van der Waals surface area contributed by atoms with Crippen LogP contribution in [0.5, 0.6) is 0 Å². The lowest BCUT2D eigenvalue weighted by Gasteiger charge is -2.28. The zero-order chi connectivity index (χ0) is 33.0. The molecule has 0 aromatic heterocycles. The Kier molecular flexibility index (Phi) is 18.8. The minimum atomic E-state index is -1.85. The van der Waals surface area contributed by atoms with Crippen molar-refractivity contribution >= 4 is 0 Å². The summed E-state index contributed by atoms with van der Waals surface area (Å²) in [5, 5.41) is 54.8. The summed E-state index contributed by atoms with van der Waals surface area (Å²) in [6.45, 7) is -2.94. The van der Waals surface area contributed by atoms with Gasteiger partial charge in [-0.15, -0.1) is 40.5 Å². The van der Waals surface area contributed by atoms with E-state index in [1.54, 1.807) is 7.11 Å². The zero-order valence-corrected chi connectivity index (χ0v) is 22.9. The summed E-state index contributed by atoms with van der Waals surface area (Å²) in [4.78, 5) is 65.0. The Bertz CT molecular complexity index is 835. The second kappa shape index (κ2) is 20.7. The molecule has 26 nitrogen and oxygen atoms in total. The van der Waals surface area contributed by atoms with Gasteiger partial charge in [0.25, 0.3) is 20.3 Å². The van der Waals surface area contributed by atoms with Gasteiger partial charge < -0.3 is 52.9 Å². The summed E-state index contributed by atoms with van der Waals surface area (Å²) >= 11 is 0. The lowest BCUT2D eigenvalue weighted by Crippen LogP contribution is -2.48. The molecule has 2 rings (SSSR count). The zero-order valence-electron chi connectivity index (χ0n) is 22.9. The molecule has 1 N–H and O–H groups in total. The van der Waals surface area contributed by atoms with Crippen molar-refractivity contribution in [1.29, 1.82) is 0 Å². The van der Waals surface area contributed by atoms with Gasteiger partial charge in [0.15, 0.2) is 6.10 Å². The highest BCUT2D eigenvalue weighted by molar-refractivity contribution is 4.94. The lowest BCUT2D eigenvalue weighted by molar-refractivity contribution is -0.790. The van der Waals surface area contributed by atoms with Gasteiger partial charge in [0.2, 0.25) is 0 Å². The topological polar surface area (TPSA) is 328 Å². The first-order valence-corrected chi connectivity index (χ1v) is 11.5. The van der Waals surface area contributed by atoms with Crippen LogP contribution in [0.25, 0.3) is 0 Å². The number of hydrogen-bond donors (Lipinski definition) is 1. The summed E-state index contributed by atoms with van der Waals surface area (Å²) in [7, 11) is 4.08. The molecule has 0 radical (unpaired) electrons. The van der Waals surface area contributed by atoms with Crippen molar-refractivity contribution in [3.05, 3.63) is 50.6 Å². The van der Waals surface area contributed by atoms with Crippen LogP contribution in [0.1, 0.15) is 0 Å². The quantitative estimate of drug-likeness (QED) is 0.0873. The van der Waals surface area contributed by atoms with E-state index in [-0.39, 0.29) is 24.9 Å². The van der Waals surface area contributed by atoms with E-state index in [0.717, 1.165) is 0 Å². The second-order valence-electron chi connectivity index (χ2n) is 8.08. The maximum Gasteiger partial charge on any atom is 0.306 e. The molecule has 2 saturated heterocycles. The van der Waals surface area contributed by atoms with Crippen molar-refractivity contribution in [2.24, 2.45) is 0 Å². The van der Waals surface area contributed by atoms with Crippen LogP contribution in [0.4, 0.5) is 0 Å². The number of methoxy groups -OCH3 is 3. The third-order valence-corrected chi connectivity index (χ3v) is 4.99. The maximum atomic E-state index is 10.2. The fraction of sp³-hybridized carbons (Fsp3) is 1.00. The summed E-state index contributed by atoms with van der Waals surface area (Å²) in [5.74, 6) is 0. The molecule has 26 heteroatoms. The molecule has 0 aliphatic carbocycles. The van der Waals surface area contributed by atoms with E-state index in [4.69, 9.17) is 18.9 Å². The van der Waals surface area contributed by atoms with Crippen molar-refractivity contribution in [2.75, 3.05) is 74.3 Å². The van der Waals surface area contributed by atoms with Crippen LogP contribution < -0.4 is 0 Å². The Morgan fingerprint density at radius 3 is 1.77 bits per heavy atom. The third-order valence-electron chi connectivity index (χ3n) is 4.99. The Hall–Kier alpha value is -4.08. The van der Waals surface area contributed by atoms with Gasteiger partial charge in [0.1, 0.15) is 49.8 Å². The predicted octanol–water partition coefficient (Wildman–Crippen LogP) is -2.38. The van der Waals surface area contributed by atoms with Gasteiger partial charge >= 0.3 is 6.73 Å². The second-order valence-corrected chi connectivity index (χ2v) is 8.08. The molecule has 0 aromatic carbocycles. The van der Waals surface area contributed by atoms with Crippen molar-refractivity contribution < 1.29 is 78.1 Å². The number of nitrogens with zero attached hydrogens (tertiary/aromatic N) is 5. The van der Waals surface area contributed by atoms with Gasteiger partial charge in [0.05, 0.1) is 26.4 Å². The molecule has 2 aliphatic heterocycles. The minimum Gasteiger partial charge on any atom is -0.388 e. The standard InChI is InChI=1S/C7H12O4.C6H11N3O10.C4H8N2O7/c1-9-5-3-11-6-4(8)2-10-7(5)6;1-16-2-6(3-18-8(12)13,4-19-9(14)15)17-5-7(10)11;1-11-2-4(13-6(9)10)3-12-5(7)8/h4-8H,2-3H2,1H3;2-5H2,1H3;4H,2-3H2,1H3. The van der Waals surface area contributed by atoms with Crippen molar-refractivity contribution in [3.8, 4) is 0 Å². The van der Waals surface area contributed by atoms with Crippen LogP contribution >= 0.6 is 0 Å². The monoisotopic (exact) mass is 641 g/mol. The van der Waals surface area contributed by atoms with E-state index >= 15 is 0 Å². The van der Waals surface area contributed by atoms with E-state index < -0.39 is 76.2 Å². The highest BCUT2D eigenvalue weighted by Crippen LogP contribution is 2.28. The number of aliphatic hydroxyl groups is 1. The molecule has 2 aliphatic rings. The summed E-state index contributed by atoms with van der Waals surface area (Å²) in [6, 6.07) is 0. The Morgan fingerprint density at radius 1 is 0.767 bits per heavy atom. The van der Waals surface area contributed by atoms with E-state index in [9.17, 15) is 55.7 Å². The normalized spacial score (nSPS) is 21.0. The number of hydrogen-bond acceptors (Lipinski definition) is 21. The SMILES string of the molecule is COC1COC2C(O)COC12.COCC(CO[N+](=O)[O-])(CO[N+](=O)[O-])OC[N+](=O)[O-].COCC(CO[N+](=O)[O-])O[N+](=O)[O-]. The first kappa shape index (κ1) is 38.9. The lowest BCUT2D eigenvalue weighted by atomic mass is 10.1. The summed E-state index contributed by atoms with van der Waals surface area (Å²) < 4.78 is 29.6. The van der Waals surface area contributed by atoms with Crippen LogP contribution in [0.2, 0.25) is 0 Å². The van der Waals surface area contributed by atoms with Gasteiger partial charge in [0, 0.05) is 26.3 Å². The van der Waals surface area contributed by atoms with E-state index in [2.05, 4.69) is 28.8 Å². The fourth-order valence-corrected chi connectivity index (χ4v) is 3.25. The Balaban J connectivity index is 0.000000640. The molecule has 5 unspecified atom stereocenters. The number of fused-ring (bicyclic) bond motifs is 1. The summed E-state index contributed by atoms with van der Waals surface area (Å²) in [5.41, 5.74) is -1.85. The van der Waals surface area contributed by atoms with Gasteiger partial charge in [-0.3, -0.25) is 10.1 Å². The molecule has 43 heavy (non-hydrogen) atoms. The number of ether oxygens (including phenoxy) is 6. The van der Waals surface area contributed by atoms with Crippen LogP contribution in [0.15, 0.2) is 0 Å². The predicted molar refractivity (Wildman–Crippen MR) is 126 cm³/mol. The highest BCUT2D eigenvalue weighted by Gasteiger charge is 2.47. The van der Waals surface area contributed by atoms with E-state index in [1.165, 1.54) is 14.2 Å². The first-order chi connectivity index (χ1) is 20.2. The van der Waals surface area contributed by atoms with E-state index in [1.807, 2.05) is 0 Å². The van der Waals surface area contributed by atoms with Crippen molar-refractivity contribution in [2.45, 2.75) is 36.1 Å². The minimum absolute atomic E-state index is 0.00264. The Labute approximate surface area is 240 Å². The van der Waals surface area contributed by atoms with Gasteiger partial charge in [-0.05, 0) is 0 Å². The molecule has 0 saturated carbocycles. The van der Waals surface area contributed by atoms with Crippen molar-refractivity contribution in [1.82, 2.24) is 0 Å². The number of rotatable bonds is 19. The van der Waals surface area contributed by atoms with Crippen LogP contribution in [-0.2, 0) is 47.8 Å². The molecule has 2 fully saturated rings. The van der Waals surface area contributed by atoms with Gasteiger partial charge in [-0.1, -0.05) is 0 Å². The maximum absolute atomic E-state index is 10.2. The average Bonchev–Trinajstić information content (AvgIpc) is 3.51. The largest absolute Gasteiger partial charge is 0.388 e. The Morgan fingerprint density at radius 2 is 1.33 bits per heavy atom. The number of nitro groups is 1. The molecule has 2 heterocycles. The highest BCUT2D eigenvalue weighted by atomic mass is 17.0. The number of aliphatic hydroxyl groups excluding tert-OH is 1. The third kappa shape index (κ3) is 16.8. The molecular formula is C17H31N5O21. The van der Waals surface area contributed by atoms with Crippen LogP contribution in [0.3, 0.4) is 0 Å². The molecule has 5 atom stereocenters. The fourth-order valence-electron chi connectivity index (χ4n) is 3.25. The molecule has 0 spiro atoms. The van der Waals surface area contributed by atoms with E-state index in [0.29, 0.717) is 13.2 Å². The van der Waals surface area contributed by atoms with Crippen LogP contribution in [-0.4, -0.2) is 141 Å². The molecule has 250 valence electrons.